The molecule has 46 heavy (non-hydrogen) atoms. The second-order valence-corrected chi connectivity index (χ2v) is 15.5. The van der Waals surface area contributed by atoms with E-state index in [0.717, 1.165) is 4.57 Å². The van der Waals surface area contributed by atoms with Gasteiger partial charge in [0.25, 0.3) is 5.56 Å². The van der Waals surface area contributed by atoms with Crippen LogP contribution < -0.4 is 16.0 Å². The summed E-state index contributed by atoms with van der Waals surface area (Å²) >= 11 is 1.17. The number of hydrogen-bond donors (Lipinski definition) is 1. The van der Waals surface area contributed by atoms with Crippen LogP contribution >= 0.6 is 11.3 Å². The topological polar surface area (TPSA) is 163 Å². The van der Waals surface area contributed by atoms with Gasteiger partial charge in [-0.2, -0.15) is 0 Å². The van der Waals surface area contributed by atoms with Crippen molar-refractivity contribution in [2.75, 3.05) is 26.5 Å². The second-order valence-electron chi connectivity index (χ2n) is 12.5. The average Bonchev–Trinajstić information content (AvgIpc) is 3.78. The molecule has 15 heteroatoms. The summed E-state index contributed by atoms with van der Waals surface area (Å²) in [5.41, 5.74) is -2.18. The van der Waals surface area contributed by atoms with E-state index in [1.54, 1.807) is 20.1 Å². The monoisotopic (exact) mass is 672 g/mol. The standard InChI is InChI=1S/C31H36N4O9S2/c1-17-24-27(36)35(31(2,3)29(37)38)30(39)34(28(24)45-25(17)26-32-10-11-43-26)16-23(21-8-6-7-9-22(21)42-4)44-20-12-18-14-33(46(5,40)41)15-19(18)13-20/h6-11,18-20,23H,12-16H2,1-5H3,(H,37,38)/t18-,19-,23+/m0/s1. The highest BCUT2D eigenvalue weighted by molar-refractivity contribution is 7.88. The fourth-order valence-corrected chi connectivity index (χ4v) is 8.93. The SMILES string of the molecule is COc1ccccc1[C@@H](Cn1c(=O)n(C(C)(C)C(=O)O)c(=O)c2c(C)c(-c3ncco3)sc21)OC1C[C@H]2CN(S(C)(=O)=O)C[C@@H]2C1. The molecule has 246 valence electrons. The molecular formula is C31H36N4O9S2. The predicted octanol–water partition coefficient (Wildman–Crippen LogP) is 3.44. The summed E-state index contributed by atoms with van der Waals surface area (Å²) in [7, 11) is -1.75. The maximum Gasteiger partial charge on any atom is 0.333 e. The Morgan fingerprint density at radius 2 is 1.87 bits per heavy atom. The second kappa shape index (κ2) is 11.8. The number of ether oxygens (including phenoxy) is 2. The van der Waals surface area contributed by atoms with Crippen molar-refractivity contribution in [3.05, 3.63) is 68.7 Å². The Hall–Kier alpha value is -3.79. The molecule has 4 heterocycles. The molecule has 3 atom stereocenters. The number of aromatic nitrogens is 3. The van der Waals surface area contributed by atoms with Gasteiger partial charge in [-0.1, -0.05) is 18.2 Å². The van der Waals surface area contributed by atoms with Crippen LogP contribution in [0.4, 0.5) is 0 Å². The van der Waals surface area contributed by atoms with Crippen LogP contribution in [-0.4, -0.2) is 70.5 Å². The van der Waals surface area contributed by atoms with Gasteiger partial charge in [0.2, 0.25) is 15.9 Å². The predicted molar refractivity (Wildman–Crippen MR) is 171 cm³/mol. The number of oxazole rings is 1. The summed E-state index contributed by atoms with van der Waals surface area (Å²) in [4.78, 5) is 45.7. The minimum Gasteiger partial charge on any atom is -0.496 e. The van der Waals surface area contributed by atoms with Gasteiger partial charge in [0.1, 0.15) is 28.5 Å². The number of thiophene rings is 1. The average molecular weight is 673 g/mol. The molecule has 1 N–H and O–H groups in total. The Morgan fingerprint density at radius 1 is 1.20 bits per heavy atom. The molecule has 1 aliphatic heterocycles. The lowest BCUT2D eigenvalue weighted by molar-refractivity contribution is -0.146. The van der Waals surface area contributed by atoms with Crippen LogP contribution in [0.2, 0.25) is 0 Å². The number of methoxy groups -OCH3 is 1. The number of carbonyl (C=O) groups is 1. The maximum atomic E-state index is 14.3. The molecular weight excluding hydrogens is 636 g/mol. The summed E-state index contributed by atoms with van der Waals surface area (Å²) in [5, 5.41) is 10.3. The zero-order chi connectivity index (χ0) is 33.1. The van der Waals surface area contributed by atoms with Crippen LogP contribution in [0.3, 0.4) is 0 Å². The van der Waals surface area contributed by atoms with Gasteiger partial charge in [0, 0.05) is 18.7 Å². The fourth-order valence-electron chi connectivity index (χ4n) is 6.76. The van der Waals surface area contributed by atoms with E-state index >= 15 is 0 Å². The Labute approximate surface area is 269 Å². The van der Waals surface area contributed by atoms with Crippen molar-refractivity contribution in [1.29, 1.82) is 0 Å². The van der Waals surface area contributed by atoms with Crippen molar-refractivity contribution in [3.63, 3.8) is 0 Å². The van der Waals surface area contributed by atoms with E-state index in [9.17, 15) is 27.9 Å². The number of carboxylic acid groups (broad SMARTS) is 1. The number of aliphatic carboxylic acids is 1. The number of fused-ring (bicyclic) bond motifs is 2. The van der Waals surface area contributed by atoms with Gasteiger partial charge in [0.15, 0.2) is 0 Å². The summed E-state index contributed by atoms with van der Waals surface area (Å²) in [6.07, 6.45) is 4.44. The number of hydrogen-bond acceptors (Lipinski definition) is 10. The Morgan fingerprint density at radius 3 is 2.46 bits per heavy atom. The third-order valence-electron chi connectivity index (χ3n) is 9.26. The summed E-state index contributed by atoms with van der Waals surface area (Å²) < 4.78 is 46.0. The zero-order valence-electron chi connectivity index (χ0n) is 26.1. The molecule has 2 aliphatic rings. The molecule has 0 amide bonds. The lowest BCUT2D eigenvalue weighted by Crippen LogP contribution is -2.52. The van der Waals surface area contributed by atoms with Gasteiger partial charge in [-0.15, -0.1) is 11.3 Å². The Kier molecular flexibility index (Phi) is 8.24. The van der Waals surface area contributed by atoms with E-state index in [1.807, 2.05) is 18.2 Å². The van der Waals surface area contributed by atoms with E-state index in [2.05, 4.69) is 4.98 Å². The first kappa shape index (κ1) is 32.2. The molecule has 0 unspecified atom stereocenters. The molecule has 1 aromatic carbocycles. The van der Waals surface area contributed by atoms with Crippen LogP contribution in [0.5, 0.6) is 5.75 Å². The third-order valence-corrected chi connectivity index (χ3v) is 11.8. The first-order valence-corrected chi connectivity index (χ1v) is 17.5. The highest BCUT2D eigenvalue weighted by Crippen LogP contribution is 2.43. The minimum atomic E-state index is -3.29. The van der Waals surface area contributed by atoms with Crippen molar-refractivity contribution >= 4 is 37.5 Å². The molecule has 0 spiro atoms. The molecule has 1 saturated heterocycles. The Bertz CT molecular complexity index is 2010. The number of sulfonamides is 1. The van der Waals surface area contributed by atoms with Crippen molar-refractivity contribution in [3.8, 4) is 16.5 Å². The molecule has 3 aromatic heterocycles. The summed E-state index contributed by atoms with van der Waals surface area (Å²) in [6, 6.07) is 7.30. The number of benzene rings is 1. The van der Waals surface area contributed by atoms with Gasteiger partial charge in [0.05, 0.1) is 42.5 Å². The molecule has 6 rings (SSSR count). The molecule has 1 saturated carbocycles. The lowest BCUT2D eigenvalue weighted by atomic mass is 10.0. The normalized spacial score (nSPS) is 19.9. The smallest absolute Gasteiger partial charge is 0.333 e. The van der Waals surface area contributed by atoms with Gasteiger partial charge in [-0.25, -0.2) is 31.9 Å². The minimum absolute atomic E-state index is 0.0576. The van der Waals surface area contributed by atoms with Crippen molar-refractivity contribution in [2.24, 2.45) is 11.8 Å². The van der Waals surface area contributed by atoms with E-state index in [1.165, 1.54) is 52.8 Å². The largest absolute Gasteiger partial charge is 0.496 e. The summed E-state index contributed by atoms with van der Waals surface area (Å²) in [5.74, 6) is -0.223. The van der Waals surface area contributed by atoms with Gasteiger partial charge >= 0.3 is 11.7 Å². The first-order chi connectivity index (χ1) is 21.7. The lowest BCUT2D eigenvalue weighted by Gasteiger charge is -2.28. The van der Waals surface area contributed by atoms with Crippen LogP contribution in [0.15, 0.2) is 50.7 Å². The molecule has 0 bridgehead atoms. The van der Waals surface area contributed by atoms with Crippen LogP contribution in [-0.2, 0) is 31.6 Å². The van der Waals surface area contributed by atoms with Crippen molar-refractivity contribution in [1.82, 2.24) is 18.4 Å². The quantitative estimate of drug-likeness (QED) is 0.264. The van der Waals surface area contributed by atoms with Crippen molar-refractivity contribution < 1.29 is 32.2 Å². The molecule has 2 fully saturated rings. The zero-order valence-corrected chi connectivity index (χ0v) is 27.8. The fraction of sp³-hybridized carbons (Fsp3) is 0.484. The first-order valence-electron chi connectivity index (χ1n) is 14.9. The van der Waals surface area contributed by atoms with Gasteiger partial charge < -0.3 is 19.0 Å². The number of aryl methyl sites for hydroxylation is 1. The number of rotatable bonds is 10. The van der Waals surface area contributed by atoms with E-state index < -0.39 is 38.9 Å². The molecule has 13 nitrogen and oxygen atoms in total. The number of carboxylic acids is 1. The highest BCUT2D eigenvalue weighted by Gasteiger charge is 2.45. The number of nitrogens with zero attached hydrogens (tertiary/aromatic N) is 4. The molecule has 1 aliphatic carbocycles. The van der Waals surface area contributed by atoms with Crippen LogP contribution in [0.25, 0.3) is 21.0 Å². The maximum absolute atomic E-state index is 14.3. The van der Waals surface area contributed by atoms with E-state index in [-0.39, 0.29) is 35.8 Å². The van der Waals surface area contributed by atoms with Crippen LogP contribution in [0.1, 0.15) is 43.9 Å². The van der Waals surface area contributed by atoms with Crippen molar-refractivity contribution in [2.45, 2.75) is 57.9 Å². The third kappa shape index (κ3) is 5.48. The van der Waals surface area contributed by atoms with Gasteiger partial charge in [-0.3, -0.25) is 9.36 Å². The Balaban J connectivity index is 1.48. The van der Waals surface area contributed by atoms with E-state index in [4.69, 9.17) is 13.9 Å². The highest BCUT2D eigenvalue weighted by atomic mass is 32.2. The molecule has 4 aromatic rings. The number of para-hydroxylation sites is 1. The van der Waals surface area contributed by atoms with Gasteiger partial charge in [-0.05, 0) is 57.1 Å². The van der Waals surface area contributed by atoms with Crippen LogP contribution in [0, 0.1) is 18.8 Å². The van der Waals surface area contributed by atoms with E-state index in [0.29, 0.717) is 52.5 Å². The molecule has 0 radical (unpaired) electrons. The summed E-state index contributed by atoms with van der Waals surface area (Å²) in [6.45, 7) is 5.18.